The predicted molar refractivity (Wildman–Crippen MR) is 50.1 cm³/mol. The Kier molecular flexibility index (Phi) is 3.75. The molecule has 0 unspecified atom stereocenters. The van der Waals surface area contributed by atoms with Crippen LogP contribution in [0.3, 0.4) is 0 Å². The third-order valence-electron chi connectivity index (χ3n) is 1.53. The fraction of sp³-hybridized carbons (Fsp3) is 0.222. The number of nitrogens with zero attached hydrogens (tertiary/aromatic N) is 4. The Morgan fingerprint density at radius 3 is 2.88 bits per heavy atom. The molecule has 7 heteroatoms. The van der Waals surface area contributed by atoms with Gasteiger partial charge in [-0.25, -0.2) is 4.98 Å². The van der Waals surface area contributed by atoms with E-state index in [1.165, 1.54) is 12.3 Å². The van der Waals surface area contributed by atoms with E-state index in [9.17, 15) is 13.2 Å². The summed E-state index contributed by atoms with van der Waals surface area (Å²) in [6.07, 6.45) is -3.27. The summed E-state index contributed by atoms with van der Waals surface area (Å²) in [5, 5.41) is 3.08. The van der Waals surface area contributed by atoms with Crippen LogP contribution in [0.4, 0.5) is 13.2 Å². The molecule has 4 nitrogen and oxygen atoms in total. The van der Waals surface area contributed by atoms with Crippen LogP contribution in [0.25, 0.3) is 10.4 Å². The average molecular weight is 226 g/mol. The molecular weight excluding hydrogens is 221 g/mol. The highest BCUT2D eigenvalue weighted by molar-refractivity contribution is 5.37. The molecule has 0 aliphatic carbocycles. The first-order valence-electron chi connectivity index (χ1n) is 4.07. The van der Waals surface area contributed by atoms with Gasteiger partial charge < -0.3 is 0 Å². The number of azide groups is 1. The van der Waals surface area contributed by atoms with Crippen LogP contribution in [0.2, 0.25) is 0 Å². The van der Waals surface area contributed by atoms with E-state index in [-0.39, 0.29) is 12.2 Å². The molecule has 1 rings (SSSR count). The molecule has 0 saturated heterocycles. The van der Waals surface area contributed by atoms with E-state index in [0.717, 1.165) is 6.07 Å². The molecule has 0 fully saturated rings. The zero-order valence-electron chi connectivity index (χ0n) is 7.86. The van der Waals surface area contributed by atoms with Gasteiger partial charge in [-0.05, 0) is 23.6 Å². The summed E-state index contributed by atoms with van der Waals surface area (Å²) in [6, 6.07) is 2.08. The molecule has 0 atom stereocenters. The van der Waals surface area contributed by atoms with Crippen molar-refractivity contribution in [1.29, 1.82) is 0 Å². The van der Waals surface area contributed by atoms with Gasteiger partial charge in [0.25, 0.3) is 0 Å². The minimum absolute atomic E-state index is 0.190. The lowest BCUT2D eigenvalue weighted by molar-refractivity contribution is -0.138. The second kappa shape index (κ2) is 5.05. The first kappa shape index (κ1) is 11.9. The van der Waals surface area contributed by atoms with Gasteiger partial charge in [-0.2, -0.15) is 13.2 Å². The lowest BCUT2D eigenvalue weighted by atomic mass is 10.2. The molecule has 0 radical (unpaired) electrons. The van der Waals surface area contributed by atoms with Crippen LogP contribution in [-0.4, -0.2) is 11.5 Å². The second-order valence-corrected chi connectivity index (χ2v) is 2.59. The molecule has 1 aromatic rings. The molecule has 0 amide bonds. The van der Waals surface area contributed by atoms with E-state index in [4.69, 9.17) is 5.53 Å². The highest BCUT2D eigenvalue weighted by Gasteiger charge is 2.33. The van der Waals surface area contributed by atoms with Crippen LogP contribution < -0.4 is 0 Å². The molecule has 1 aromatic heterocycles. The summed E-state index contributed by atoms with van der Waals surface area (Å²) in [6.45, 7) is -0.190. The smallest absolute Gasteiger partial charge is 0.247 e. The van der Waals surface area contributed by atoms with E-state index in [2.05, 4.69) is 26.9 Å². The summed E-state index contributed by atoms with van der Waals surface area (Å²) >= 11 is 0. The van der Waals surface area contributed by atoms with E-state index in [1.807, 2.05) is 0 Å². The number of pyridine rings is 1. The highest BCUT2D eigenvalue weighted by Crippen LogP contribution is 2.30. The molecule has 0 saturated carbocycles. The van der Waals surface area contributed by atoms with Crippen LogP contribution in [0, 0.1) is 11.8 Å². The molecule has 0 aliphatic heterocycles. The van der Waals surface area contributed by atoms with E-state index >= 15 is 0 Å². The van der Waals surface area contributed by atoms with Crippen molar-refractivity contribution in [2.45, 2.75) is 6.18 Å². The number of hydrogen-bond donors (Lipinski definition) is 0. The largest absolute Gasteiger partial charge is 0.419 e. The minimum atomic E-state index is -4.49. The Bertz CT molecular complexity index is 478. The van der Waals surface area contributed by atoms with Gasteiger partial charge in [-0.15, -0.1) is 0 Å². The normalized spacial score (nSPS) is 9.94. The Morgan fingerprint density at radius 2 is 2.25 bits per heavy atom. The average Bonchev–Trinajstić information content (AvgIpc) is 2.24. The molecule has 0 bridgehead atoms. The SMILES string of the molecule is [N-]=[N+]=NCC#Cc1ncccc1C(F)(F)F. The van der Waals surface area contributed by atoms with Crippen LogP contribution in [-0.2, 0) is 6.18 Å². The maximum Gasteiger partial charge on any atom is 0.419 e. The second-order valence-electron chi connectivity index (χ2n) is 2.59. The van der Waals surface area contributed by atoms with Gasteiger partial charge in [-0.1, -0.05) is 11.0 Å². The highest BCUT2D eigenvalue weighted by atomic mass is 19.4. The first-order valence-corrected chi connectivity index (χ1v) is 4.07. The van der Waals surface area contributed by atoms with Crippen molar-refractivity contribution < 1.29 is 13.2 Å². The standard InChI is InChI=1S/C9H5F3N4/c10-9(11,12)7-3-1-5-14-8(7)4-2-6-15-16-13/h1,3,5H,6H2. The third-order valence-corrected chi connectivity index (χ3v) is 1.53. The molecule has 0 aromatic carbocycles. The minimum Gasteiger partial charge on any atom is -0.247 e. The summed E-state index contributed by atoms with van der Waals surface area (Å²) in [5.74, 6) is 4.49. The molecule has 16 heavy (non-hydrogen) atoms. The van der Waals surface area contributed by atoms with Crippen molar-refractivity contribution in [2.24, 2.45) is 5.11 Å². The van der Waals surface area contributed by atoms with Crippen molar-refractivity contribution in [3.8, 4) is 11.8 Å². The summed E-state index contributed by atoms with van der Waals surface area (Å²) in [4.78, 5) is 5.93. The van der Waals surface area contributed by atoms with Crippen molar-refractivity contribution in [3.63, 3.8) is 0 Å². The Hall–Kier alpha value is -2.19. The summed E-state index contributed by atoms with van der Waals surface area (Å²) < 4.78 is 37.3. The van der Waals surface area contributed by atoms with E-state index in [1.54, 1.807) is 0 Å². The Balaban J connectivity index is 3.03. The quantitative estimate of drug-likeness (QED) is 0.314. The van der Waals surface area contributed by atoms with Gasteiger partial charge in [0.2, 0.25) is 0 Å². The number of aromatic nitrogens is 1. The lowest BCUT2D eigenvalue weighted by Crippen LogP contribution is -2.08. The number of hydrogen-bond acceptors (Lipinski definition) is 2. The van der Waals surface area contributed by atoms with Crippen LogP contribution >= 0.6 is 0 Å². The van der Waals surface area contributed by atoms with Crippen molar-refractivity contribution >= 4 is 0 Å². The Morgan fingerprint density at radius 1 is 1.50 bits per heavy atom. The third kappa shape index (κ3) is 3.19. The van der Waals surface area contributed by atoms with Crippen LogP contribution in [0.15, 0.2) is 23.4 Å². The van der Waals surface area contributed by atoms with Gasteiger partial charge in [-0.3, -0.25) is 0 Å². The zero-order valence-corrected chi connectivity index (χ0v) is 7.86. The lowest BCUT2D eigenvalue weighted by Gasteiger charge is -2.06. The topological polar surface area (TPSA) is 61.7 Å². The number of rotatable bonds is 1. The van der Waals surface area contributed by atoms with Crippen molar-refractivity contribution in [3.05, 3.63) is 40.0 Å². The molecule has 0 aliphatic rings. The fourth-order valence-corrected chi connectivity index (χ4v) is 0.924. The van der Waals surface area contributed by atoms with Crippen molar-refractivity contribution in [1.82, 2.24) is 4.98 Å². The molecule has 0 spiro atoms. The van der Waals surface area contributed by atoms with Crippen molar-refractivity contribution in [2.75, 3.05) is 6.54 Å². The summed E-state index contributed by atoms with van der Waals surface area (Å²) in [7, 11) is 0. The number of halogens is 3. The van der Waals surface area contributed by atoms with Crippen LogP contribution in [0.1, 0.15) is 11.3 Å². The molecule has 82 valence electrons. The van der Waals surface area contributed by atoms with Crippen LogP contribution in [0.5, 0.6) is 0 Å². The Labute approximate surface area is 88.7 Å². The fourth-order valence-electron chi connectivity index (χ4n) is 0.924. The first-order chi connectivity index (χ1) is 7.55. The maximum atomic E-state index is 12.4. The monoisotopic (exact) mass is 226 g/mol. The molecular formula is C9H5F3N4. The molecule has 1 heterocycles. The van der Waals surface area contributed by atoms with Gasteiger partial charge in [0, 0.05) is 11.1 Å². The van der Waals surface area contributed by atoms with E-state index < -0.39 is 11.7 Å². The van der Waals surface area contributed by atoms with Gasteiger partial charge in [0.15, 0.2) is 0 Å². The van der Waals surface area contributed by atoms with E-state index in [0.29, 0.717) is 0 Å². The van der Waals surface area contributed by atoms with Gasteiger partial charge in [0.1, 0.15) is 5.69 Å². The summed E-state index contributed by atoms with van der Waals surface area (Å²) in [5.41, 5.74) is 6.67. The molecule has 0 N–H and O–H groups in total. The maximum absolute atomic E-state index is 12.4. The van der Waals surface area contributed by atoms with Gasteiger partial charge >= 0.3 is 6.18 Å². The zero-order chi connectivity index (χ0) is 12.0. The number of alkyl halides is 3. The predicted octanol–water partition coefficient (Wildman–Crippen LogP) is 2.76. The van der Waals surface area contributed by atoms with Gasteiger partial charge in [0.05, 0.1) is 12.1 Å².